The Morgan fingerprint density at radius 3 is 2.28 bits per heavy atom. The zero-order valence-corrected chi connectivity index (χ0v) is 14.8. The third kappa shape index (κ3) is 3.96. The maximum atomic E-state index is 13.2. The average molecular weight is 428 g/mol. The standard InChI is InChI=1S/C17H9BrF3NO2S/c18-11-5-6-13(17(19,20)21)12(8-11)10-3-1-9(2-4-10)7-14-15(23)22-16(24)25-14/h1-8H,(H,22,23,24)/b14-7-. The number of hydrogen-bond acceptors (Lipinski definition) is 3. The summed E-state index contributed by atoms with van der Waals surface area (Å²) in [4.78, 5) is 22.9. The fraction of sp³-hybridized carbons (Fsp3) is 0.0588. The summed E-state index contributed by atoms with van der Waals surface area (Å²) in [5, 5.41) is 1.69. The second kappa shape index (κ2) is 6.68. The van der Waals surface area contributed by atoms with E-state index in [0.717, 1.165) is 17.8 Å². The number of thioether (sulfide) groups is 1. The molecule has 2 aromatic carbocycles. The predicted molar refractivity (Wildman–Crippen MR) is 93.7 cm³/mol. The van der Waals surface area contributed by atoms with Crippen LogP contribution in [0, 0.1) is 0 Å². The molecule has 8 heteroatoms. The zero-order chi connectivity index (χ0) is 18.2. The van der Waals surface area contributed by atoms with Gasteiger partial charge in [0.1, 0.15) is 0 Å². The minimum absolute atomic E-state index is 0.0595. The lowest BCUT2D eigenvalue weighted by Gasteiger charge is -2.13. The topological polar surface area (TPSA) is 46.2 Å². The molecule has 0 saturated carbocycles. The van der Waals surface area contributed by atoms with Gasteiger partial charge in [0.15, 0.2) is 0 Å². The monoisotopic (exact) mass is 427 g/mol. The Kier molecular flexibility index (Phi) is 4.75. The lowest BCUT2D eigenvalue weighted by molar-refractivity contribution is -0.137. The molecule has 25 heavy (non-hydrogen) atoms. The number of nitrogens with one attached hydrogen (secondary N) is 1. The van der Waals surface area contributed by atoms with Crippen LogP contribution in [0.1, 0.15) is 11.1 Å². The van der Waals surface area contributed by atoms with Crippen molar-refractivity contribution < 1.29 is 22.8 Å². The second-order valence-corrected chi connectivity index (χ2v) is 7.09. The van der Waals surface area contributed by atoms with Crippen molar-refractivity contribution in [1.29, 1.82) is 0 Å². The normalized spacial score (nSPS) is 16.4. The van der Waals surface area contributed by atoms with Crippen LogP contribution in [0.2, 0.25) is 0 Å². The van der Waals surface area contributed by atoms with E-state index in [0.29, 0.717) is 15.6 Å². The highest BCUT2D eigenvalue weighted by Gasteiger charge is 2.33. The zero-order valence-electron chi connectivity index (χ0n) is 12.4. The molecular formula is C17H9BrF3NO2S. The number of hydrogen-bond donors (Lipinski definition) is 1. The first-order valence-electron chi connectivity index (χ1n) is 6.96. The second-order valence-electron chi connectivity index (χ2n) is 5.16. The van der Waals surface area contributed by atoms with Crippen molar-refractivity contribution in [2.45, 2.75) is 6.18 Å². The maximum absolute atomic E-state index is 13.2. The van der Waals surface area contributed by atoms with Gasteiger partial charge in [-0.3, -0.25) is 14.9 Å². The highest BCUT2D eigenvalue weighted by molar-refractivity contribution is 9.10. The number of amides is 2. The highest BCUT2D eigenvalue weighted by Crippen LogP contribution is 2.38. The molecule has 1 heterocycles. The van der Waals surface area contributed by atoms with E-state index < -0.39 is 22.9 Å². The molecule has 1 aliphatic heterocycles. The molecule has 3 rings (SSSR count). The number of halogens is 4. The van der Waals surface area contributed by atoms with Gasteiger partial charge in [0.2, 0.25) is 0 Å². The van der Waals surface area contributed by atoms with E-state index in [4.69, 9.17) is 0 Å². The van der Waals surface area contributed by atoms with Crippen LogP contribution in [0.3, 0.4) is 0 Å². The fourth-order valence-corrected chi connectivity index (χ4v) is 3.38. The quantitative estimate of drug-likeness (QED) is 0.647. The number of carbonyl (C=O) groups excluding carboxylic acids is 2. The van der Waals surface area contributed by atoms with Crippen LogP contribution in [0.5, 0.6) is 0 Å². The van der Waals surface area contributed by atoms with E-state index in [9.17, 15) is 22.8 Å². The average Bonchev–Trinajstić information content (AvgIpc) is 2.84. The summed E-state index contributed by atoms with van der Waals surface area (Å²) in [6, 6.07) is 10.1. The molecular weight excluding hydrogens is 419 g/mol. The third-order valence-electron chi connectivity index (χ3n) is 3.45. The molecule has 0 bridgehead atoms. The van der Waals surface area contributed by atoms with Gasteiger partial charge in [-0.05, 0) is 52.7 Å². The molecule has 3 nitrogen and oxygen atoms in total. The van der Waals surface area contributed by atoms with Crippen molar-refractivity contribution in [3.8, 4) is 11.1 Å². The van der Waals surface area contributed by atoms with Gasteiger partial charge >= 0.3 is 6.18 Å². The molecule has 0 spiro atoms. The Balaban J connectivity index is 1.96. The van der Waals surface area contributed by atoms with Crippen molar-refractivity contribution in [3.05, 3.63) is 63.0 Å². The number of rotatable bonds is 2. The first-order chi connectivity index (χ1) is 11.7. The van der Waals surface area contributed by atoms with E-state index in [1.165, 1.54) is 18.2 Å². The summed E-state index contributed by atoms with van der Waals surface area (Å²) in [6.45, 7) is 0. The summed E-state index contributed by atoms with van der Waals surface area (Å²) < 4.78 is 40.1. The van der Waals surface area contributed by atoms with Crippen molar-refractivity contribution in [2.24, 2.45) is 0 Å². The Morgan fingerprint density at radius 2 is 1.72 bits per heavy atom. The number of carbonyl (C=O) groups is 2. The number of benzene rings is 2. The van der Waals surface area contributed by atoms with Crippen molar-refractivity contribution in [1.82, 2.24) is 5.32 Å². The Morgan fingerprint density at radius 1 is 1.04 bits per heavy atom. The highest BCUT2D eigenvalue weighted by atomic mass is 79.9. The van der Waals surface area contributed by atoms with Gasteiger partial charge in [0, 0.05) is 4.47 Å². The minimum atomic E-state index is -4.46. The Bertz CT molecular complexity index is 892. The van der Waals surface area contributed by atoms with Crippen LogP contribution < -0.4 is 5.32 Å². The van der Waals surface area contributed by atoms with Crippen molar-refractivity contribution >= 4 is 44.9 Å². The fourth-order valence-electron chi connectivity index (χ4n) is 2.33. The Labute approximate surface area is 153 Å². The van der Waals surface area contributed by atoms with Crippen LogP contribution in [-0.4, -0.2) is 11.1 Å². The molecule has 0 aromatic heterocycles. The van der Waals surface area contributed by atoms with E-state index >= 15 is 0 Å². The smallest absolute Gasteiger partial charge is 0.282 e. The molecule has 0 aliphatic carbocycles. The summed E-state index contributed by atoms with van der Waals surface area (Å²) in [6.07, 6.45) is -2.95. The molecule has 2 amide bonds. The predicted octanol–water partition coefficient (Wildman–Crippen LogP) is 5.46. The molecule has 0 atom stereocenters. The Hall–Kier alpha value is -2.06. The van der Waals surface area contributed by atoms with Gasteiger partial charge in [-0.1, -0.05) is 40.2 Å². The first-order valence-corrected chi connectivity index (χ1v) is 8.57. The molecule has 0 radical (unpaired) electrons. The lowest BCUT2D eigenvalue weighted by Crippen LogP contribution is -2.17. The van der Waals surface area contributed by atoms with Crippen molar-refractivity contribution in [2.75, 3.05) is 0 Å². The van der Waals surface area contributed by atoms with E-state index in [1.54, 1.807) is 24.3 Å². The van der Waals surface area contributed by atoms with Gasteiger partial charge in [-0.25, -0.2) is 0 Å². The maximum Gasteiger partial charge on any atom is 0.417 e. The van der Waals surface area contributed by atoms with Gasteiger partial charge in [0.05, 0.1) is 10.5 Å². The van der Waals surface area contributed by atoms with Gasteiger partial charge in [-0.15, -0.1) is 0 Å². The van der Waals surface area contributed by atoms with Crippen LogP contribution in [0.4, 0.5) is 18.0 Å². The van der Waals surface area contributed by atoms with Gasteiger partial charge < -0.3 is 0 Å². The van der Waals surface area contributed by atoms with Gasteiger partial charge in [-0.2, -0.15) is 13.2 Å². The molecule has 1 N–H and O–H groups in total. The van der Waals surface area contributed by atoms with E-state index in [2.05, 4.69) is 21.2 Å². The SMILES string of the molecule is O=C1NC(=O)/C(=C/c2ccc(-c3cc(Br)ccc3C(F)(F)F)cc2)S1. The molecule has 0 unspecified atom stereocenters. The summed E-state index contributed by atoms with van der Waals surface area (Å²) in [7, 11) is 0. The number of imide groups is 1. The molecule has 1 saturated heterocycles. The summed E-state index contributed by atoms with van der Waals surface area (Å²) >= 11 is 3.97. The lowest BCUT2D eigenvalue weighted by atomic mass is 9.98. The third-order valence-corrected chi connectivity index (χ3v) is 4.75. The summed E-state index contributed by atoms with van der Waals surface area (Å²) in [5.41, 5.74) is 0.345. The van der Waals surface area contributed by atoms with E-state index in [1.807, 2.05) is 0 Å². The molecule has 128 valence electrons. The van der Waals surface area contributed by atoms with Crippen LogP contribution in [0.25, 0.3) is 17.2 Å². The van der Waals surface area contributed by atoms with Gasteiger partial charge in [0.25, 0.3) is 11.1 Å². The molecule has 1 fully saturated rings. The van der Waals surface area contributed by atoms with E-state index in [-0.39, 0.29) is 10.5 Å². The first kappa shape index (κ1) is 17.8. The molecule has 2 aromatic rings. The van der Waals surface area contributed by atoms with Crippen LogP contribution in [0.15, 0.2) is 51.8 Å². The minimum Gasteiger partial charge on any atom is -0.282 e. The summed E-state index contributed by atoms with van der Waals surface area (Å²) in [5.74, 6) is -0.481. The van der Waals surface area contributed by atoms with Crippen LogP contribution >= 0.6 is 27.7 Å². The van der Waals surface area contributed by atoms with Crippen molar-refractivity contribution in [3.63, 3.8) is 0 Å². The van der Waals surface area contributed by atoms with Crippen LogP contribution in [-0.2, 0) is 11.0 Å². The largest absolute Gasteiger partial charge is 0.417 e. The number of alkyl halides is 3. The molecule has 1 aliphatic rings.